The average Bonchev–Trinajstić information content (AvgIpc) is 2.75. The second-order valence-corrected chi connectivity index (χ2v) is 6.00. The van der Waals surface area contributed by atoms with Gasteiger partial charge < -0.3 is 5.11 Å². The molecular weight excluding hydrogens is 370 g/mol. The molecule has 0 aliphatic rings. The molecule has 0 unspecified atom stereocenters. The minimum absolute atomic E-state index is 0.0238. The van der Waals surface area contributed by atoms with Gasteiger partial charge >= 0.3 is 0 Å². The summed E-state index contributed by atoms with van der Waals surface area (Å²) in [6, 6.07) is 21.3. The van der Waals surface area contributed by atoms with Crippen LogP contribution in [0.15, 0.2) is 90.0 Å². The van der Waals surface area contributed by atoms with E-state index in [1.54, 1.807) is 30.4 Å². The van der Waals surface area contributed by atoms with E-state index in [9.17, 15) is 20.0 Å². The summed E-state index contributed by atoms with van der Waals surface area (Å²) < 4.78 is 0. The van der Waals surface area contributed by atoms with E-state index in [0.29, 0.717) is 16.8 Å². The molecule has 144 valence electrons. The van der Waals surface area contributed by atoms with Crippen LogP contribution in [-0.2, 0) is 0 Å². The lowest BCUT2D eigenvalue weighted by Gasteiger charge is -2.05. The van der Waals surface area contributed by atoms with Crippen molar-refractivity contribution in [3.8, 4) is 5.75 Å². The number of allylic oxidation sites excluding steroid dienone is 1. The number of phenols is 1. The number of amides is 1. The van der Waals surface area contributed by atoms with Gasteiger partial charge in [0.1, 0.15) is 5.75 Å². The van der Waals surface area contributed by atoms with Crippen LogP contribution in [0.25, 0.3) is 6.08 Å². The standard InChI is InChI=1S/C22H17N3O4/c26-19-13-10-18(11-14-19)22(27)24-23-20(16-6-2-1-3-7-16)15-12-17-8-4-5-9-21(17)25(28)29/h1-15,26H,(H,24,27)/b15-12+,23-20+. The molecule has 2 N–H and O–H groups in total. The number of carbonyl (C=O) groups excluding carboxylic acids is 1. The van der Waals surface area contributed by atoms with E-state index in [1.807, 2.05) is 30.3 Å². The number of nitrogens with one attached hydrogen (secondary N) is 1. The van der Waals surface area contributed by atoms with Crippen LogP contribution < -0.4 is 5.43 Å². The van der Waals surface area contributed by atoms with Crippen molar-refractivity contribution in [2.75, 3.05) is 0 Å². The minimum atomic E-state index is -0.453. The fourth-order valence-corrected chi connectivity index (χ4v) is 2.56. The van der Waals surface area contributed by atoms with Crippen LogP contribution in [0.5, 0.6) is 5.75 Å². The lowest BCUT2D eigenvalue weighted by atomic mass is 10.1. The Kier molecular flexibility index (Phi) is 6.12. The van der Waals surface area contributed by atoms with Crippen LogP contribution in [0.3, 0.4) is 0 Å². The molecule has 0 radical (unpaired) electrons. The van der Waals surface area contributed by atoms with E-state index in [4.69, 9.17) is 0 Å². The van der Waals surface area contributed by atoms with E-state index >= 15 is 0 Å². The van der Waals surface area contributed by atoms with Gasteiger partial charge in [-0.05, 0) is 42.5 Å². The van der Waals surface area contributed by atoms with Crippen LogP contribution in [0, 0.1) is 10.1 Å². The van der Waals surface area contributed by atoms with E-state index < -0.39 is 10.8 Å². The van der Waals surface area contributed by atoms with Gasteiger partial charge in [-0.1, -0.05) is 42.5 Å². The highest BCUT2D eigenvalue weighted by atomic mass is 16.6. The zero-order valence-electron chi connectivity index (χ0n) is 15.2. The number of rotatable bonds is 6. The lowest BCUT2D eigenvalue weighted by molar-refractivity contribution is -0.385. The van der Waals surface area contributed by atoms with Gasteiger partial charge in [-0.15, -0.1) is 0 Å². The second-order valence-electron chi connectivity index (χ2n) is 6.00. The number of nitro benzene ring substituents is 1. The van der Waals surface area contributed by atoms with Crippen LogP contribution in [-0.4, -0.2) is 21.6 Å². The summed E-state index contributed by atoms with van der Waals surface area (Å²) in [5.41, 5.74) is 4.36. The number of nitrogens with zero attached hydrogens (tertiary/aromatic N) is 2. The summed E-state index contributed by atoms with van der Waals surface area (Å²) in [6.07, 6.45) is 3.19. The third kappa shape index (κ3) is 5.14. The predicted molar refractivity (Wildman–Crippen MR) is 111 cm³/mol. The molecule has 7 heteroatoms. The van der Waals surface area contributed by atoms with Crippen molar-refractivity contribution in [1.82, 2.24) is 5.43 Å². The number of aromatic hydroxyl groups is 1. The number of carbonyl (C=O) groups is 1. The molecule has 0 fully saturated rings. The molecule has 0 aromatic heterocycles. The van der Waals surface area contributed by atoms with E-state index in [-0.39, 0.29) is 11.4 Å². The Balaban J connectivity index is 1.89. The highest BCUT2D eigenvalue weighted by Crippen LogP contribution is 2.19. The molecule has 0 atom stereocenters. The maximum atomic E-state index is 12.3. The van der Waals surface area contributed by atoms with Gasteiger partial charge in [0.15, 0.2) is 0 Å². The number of para-hydroxylation sites is 1. The minimum Gasteiger partial charge on any atom is -0.508 e. The second kappa shape index (κ2) is 9.09. The zero-order chi connectivity index (χ0) is 20.6. The number of hydrazone groups is 1. The van der Waals surface area contributed by atoms with Crippen molar-refractivity contribution < 1.29 is 14.8 Å². The summed E-state index contributed by atoms with van der Waals surface area (Å²) in [6.45, 7) is 0. The maximum absolute atomic E-state index is 12.3. The van der Waals surface area contributed by atoms with Crippen molar-refractivity contribution in [2.24, 2.45) is 5.10 Å². The van der Waals surface area contributed by atoms with Crippen LogP contribution in [0.4, 0.5) is 5.69 Å². The Morgan fingerprint density at radius 3 is 2.28 bits per heavy atom. The fraction of sp³-hybridized carbons (Fsp3) is 0. The van der Waals surface area contributed by atoms with Crippen molar-refractivity contribution in [3.05, 3.63) is 112 Å². The molecular formula is C22H17N3O4. The Hall–Kier alpha value is -4.26. The van der Waals surface area contributed by atoms with Gasteiger partial charge in [-0.3, -0.25) is 14.9 Å². The van der Waals surface area contributed by atoms with E-state index in [2.05, 4.69) is 10.5 Å². The van der Waals surface area contributed by atoms with Crippen molar-refractivity contribution in [2.45, 2.75) is 0 Å². The van der Waals surface area contributed by atoms with Crippen molar-refractivity contribution in [3.63, 3.8) is 0 Å². The number of hydrogen-bond acceptors (Lipinski definition) is 5. The summed E-state index contributed by atoms with van der Waals surface area (Å²) >= 11 is 0. The Labute approximate surface area is 166 Å². The molecule has 29 heavy (non-hydrogen) atoms. The van der Waals surface area contributed by atoms with Gasteiger partial charge in [0.2, 0.25) is 0 Å². The van der Waals surface area contributed by atoms with E-state index in [1.165, 1.54) is 30.3 Å². The number of nitro groups is 1. The maximum Gasteiger partial charge on any atom is 0.276 e. The molecule has 0 saturated heterocycles. The van der Waals surface area contributed by atoms with Gasteiger partial charge in [0, 0.05) is 17.2 Å². The van der Waals surface area contributed by atoms with Gasteiger partial charge in [0.05, 0.1) is 16.2 Å². The van der Waals surface area contributed by atoms with Crippen LogP contribution in [0.2, 0.25) is 0 Å². The van der Waals surface area contributed by atoms with Crippen LogP contribution in [0.1, 0.15) is 21.5 Å². The highest BCUT2D eigenvalue weighted by Gasteiger charge is 2.10. The third-order valence-corrected chi connectivity index (χ3v) is 4.03. The third-order valence-electron chi connectivity index (χ3n) is 4.03. The smallest absolute Gasteiger partial charge is 0.276 e. The summed E-state index contributed by atoms with van der Waals surface area (Å²) in [5.74, 6) is -0.389. The number of phenolic OH excluding ortho intramolecular Hbond substituents is 1. The molecule has 0 aliphatic heterocycles. The predicted octanol–water partition coefficient (Wildman–Crippen LogP) is 4.15. The quantitative estimate of drug-likeness (QED) is 0.377. The fourth-order valence-electron chi connectivity index (χ4n) is 2.56. The molecule has 3 aromatic rings. The number of benzene rings is 3. The van der Waals surface area contributed by atoms with Crippen LogP contribution >= 0.6 is 0 Å². The molecule has 7 nitrogen and oxygen atoms in total. The Morgan fingerprint density at radius 2 is 1.59 bits per heavy atom. The molecule has 0 aliphatic carbocycles. The normalized spacial score (nSPS) is 11.4. The Bertz CT molecular complexity index is 1070. The van der Waals surface area contributed by atoms with Crippen molar-refractivity contribution >= 4 is 23.4 Å². The molecule has 0 heterocycles. The monoisotopic (exact) mass is 387 g/mol. The van der Waals surface area contributed by atoms with Gasteiger partial charge in [0.25, 0.3) is 11.6 Å². The largest absolute Gasteiger partial charge is 0.508 e. The zero-order valence-corrected chi connectivity index (χ0v) is 15.2. The molecule has 3 rings (SSSR count). The highest BCUT2D eigenvalue weighted by molar-refractivity contribution is 6.11. The van der Waals surface area contributed by atoms with Crippen molar-refractivity contribution in [1.29, 1.82) is 0 Å². The molecule has 0 bridgehead atoms. The first kappa shape index (κ1) is 19.5. The summed E-state index contributed by atoms with van der Waals surface area (Å²) in [4.78, 5) is 23.0. The number of hydrogen-bond donors (Lipinski definition) is 2. The first-order chi connectivity index (χ1) is 14.0. The summed E-state index contributed by atoms with van der Waals surface area (Å²) in [5, 5.41) is 24.7. The molecule has 0 spiro atoms. The Morgan fingerprint density at radius 1 is 0.931 bits per heavy atom. The molecule has 3 aromatic carbocycles. The van der Waals surface area contributed by atoms with Gasteiger partial charge in [-0.25, -0.2) is 5.43 Å². The molecule has 0 saturated carbocycles. The topological polar surface area (TPSA) is 105 Å². The first-order valence-electron chi connectivity index (χ1n) is 8.68. The van der Waals surface area contributed by atoms with E-state index in [0.717, 1.165) is 5.56 Å². The molecule has 1 amide bonds. The SMILES string of the molecule is O=C(N/N=C(\C=C\c1ccccc1[N+](=O)[O-])c1ccccc1)c1ccc(O)cc1. The summed E-state index contributed by atoms with van der Waals surface area (Å²) in [7, 11) is 0. The van der Waals surface area contributed by atoms with Gasteiger partial charge in [-0.2, -0.15) is 5.10 Å². The average molecular weight is 387 g/mol. The first-order valence-corrected chi connectivity index (χ1v) is 8.68. The lowest BCUT2D eigenvalue weighted by Crippen LogP contribution is -2.19.